The van der Waals surface area contributed by atoms with Gasteiger partial charge in [0.15, 0.2) is 5.75 Å². The highest BCUT2D eigenvalue weighted by Crippen LogP contribution is 2.20. The van der Waals surface area contributed by atoms with Crippen LogP contribution in [0.5, 0.6) is 5.75 Å². The van der Waals surface area contributed by atoms with Crippen LogP contribution in [0.25, 0.3) is 6.08 Å². The lowest BCUT2D eigenvalue weighted by atomic mass is 10.1. The van der Waals surface area contributed by atoms with Crippen molar-refractivity contribution in [2.45, 2.75) is 0 Å². The molecule has 1 N–H and O–H groups in total. The van der Waals surface area contributed by atoms with E-state index in [1.165, 1.54) is 18.4 Å². The van der Waals surface area contributed by atoms with Crippen molar-refractivity contribution in [1.82, 2.24) is 0 Å². The molecule has 0 amide bonds. The van der Waals surface area contributed by atoms with Gasteiger partial charge in [0.05, 0.1) is 17.1 Å². The molecule has 22 heavy (non-hydrogen) atoms. The number of hydrogen-bond donors (Lipinski definition) is 1. The first-order valence-electron chi connectivity index (χ1n) is 6.42. The molecule has 0 radical (unpaired) electrons. The van der Waals surface area contributed by atoms with E-state index in [4.69, 9.17) is 4.84 Å². The Morgan fingerprint density at radius 2 is 1.86 bits per heavy atom. The number of carbonyl (C=O) groups is 1. The third-order valence-corrected chi connectivity index (χ3v) is 2.60. The Hall–Kier alpha value is -3.28. The lowest BCUT2D eigenvalue weighted by molar-refractivity contribution is -0.132. The van der Waals surface area contributed by atoms with E-state index < -0.39 is 5.97 Å². The number of aliphatic carboxylic acids is 1. The van der Waals surface area contributed by atoms with E-state index in [0.717, 1.165) is 0 Å². The summed E-state index contributed by atoms with van der Waals surface area (Å²) in [6.07, 6.45) is 12.7. The van der Waals surface area contributed by atoms with E-state index in [9.17, 15) is 9.90 Å². The van der Waals surface area contributed by atoms with Crippen molar-refractivity contribution in [3.63, 3.8) is 0 Å². The summed E-state index contributed by atoms with van der Waals surface area (Å²) in [5.41, 5.74) is 0.819. The van der Waals surface area contributed by atoms with Gasteiger partial charge in [-0.25, -0.2) is 4.79 Å². The van der Waals surface area contributed by atoms with E-state index in [0.29, 0.717) is 11.3 Å². The first-order chi connectivity index (χ1) is 10.8. The number of rotatable bonds is 1. The summed E-state index contributed by atoms with van der Waals surface area (Å²) in [4.78, 5) is 16.4. The second-order valence-electron chi connectivity index (χ2n) is 4.10. The molecular weight excluding hydrogens is 282 g/mol. The van der Waals surface area contributed by atoms with Gasteiger partial charge in [-0.1, -0.05) is 42.5 Å². The molecule has 0 unspecified atom stereocenters. The van der Waals surface area contributed by atoms with Crippen LogP contribution >= 0.6 is 0 Å². The van der Waals surface area contributed by atoms with Crippen LogP contribution in [-0.4, -0.2) is 17.3 Å². The molecule has 1 aliphatic rings. The maximum Gasteiger partial charge on any atom is 0.335 e. The second kappa shape index (κ2) is 8.11. The summed E-state index contributed by atoms with van der Waals surface area (Å²) >= 11 is 0. The van der Waals surface area contributed by atoms with E-state index in [2.05, 4.69) is 15.6 Å². The molecule has 0 atom stereocenters. The summed E-state index contributed by atoms with van der Waals surface area (Å²) in [6.45, 7) is 0. The SMILES string of the molecule is O=C(O)C1=C/C=C\C=C/C=N/N=N\Oc2ccccc2/C=C\1. The Kier molecular flexibility index (Phi) is 5.57. The fourth-order valence-electron chi connectivity index (χ4n) is 1.57. The largest absolute Gasteiger partial charge is 0.478 e. The topological polar surface area (TPSA) is 83.6 Å². The maximum atomic E-state index is 11.2. The number of nitrogens with zero attached hydrogens (tertiary/aromatic N) is 3. The van der Waals surface area contributed by atoms with Gasteiger partial charge in [-0.15, -0.1) is 5.10 Å². The molecule has 0 aliphatic carbocycles. The molecule has 0 saturated carbocycles. The predicted octanol–water partition coefficient (Wildman–Crippen LogP) is 3.57. The van der Waals surface area contributed by atoms with Gasteiger partial charge in [0.1, 0.15) is 0 Å². The second-order valence-corrected chi connectivity index (χ2v) is 4.10. The summed E-state index contributed by atoms with van der Waals surface area (Å²) in [5.74, 6) is -0.572. The standard InChI is InChI=1S/C16H13N3O3/c20-16(21)14-8-3-1-2-6-12-17-18-19-22-15-9-5-4-7-13(15)10-11-14/h1-12H,(H,20,21)/b3-1-,6-2-,11-10-,14-8+,17-12+,19-18-. The van der Waals surface area contributed by atoms with Gasteiger partial charge < -0.3 is 9.94 Å². The van der Waals surface area contributed by atoms with Crippen LogP contribution in [0.15, 0.2) is 81.9 Å². The fraction of sp³-hybridized carbons (Fsp3) is 0. The normalized spacial score (nSPS) is 24.1. The molecule has 1 aliphatic heterocycles. The summed E-state index contributed by atoms with van der Waals surface area (Å²) in [6, 6.07) is 7.06. The quantitative estimate of drug-likeness (QED) is 0.859. The van der Waals surface area contributed by atoms with Gasteiger partial charge >= 0.3 is 5.97 Å². The molecule has 0 bridgehead atoms. The molecule has 2 rings (SSSR count). The van der Waals surface area contributed by atoms with Crippen LogP contribution in [0.3, 0.4) is 0 Å². The Morgan fingerprint density at radius 1 is 1.05 bits per heavy atom. The molecule has 0 spiro atoms. The van der Waals surface area contributed by atoms with Crippen molar-refractivity contribution in [3.05, 3.63) is 71.9 Å². The minimum atomic E-state index is -1.02. The zero-order chi connectivity index (χ0) is 15.6. The van der Waals surface area contributed by atoms with Gasteiger partial charge in [0.25, 0.3) is 0 Å². The number of para-hydroxylation sites is 1. The van der Waals surface area contributed by atoms with Gasteiger partial charge in [-0.3, -0.25) is 0 Å². The number of hydrogen-bond acceptors (Lipinski definition) is 5. The van der Waals surface area contributed by atoms with Crippen molar-refractivity contribution >= 4 is 18.3 Å². The predicted molar refractivity (Wildman–Crippen MR) is 83.5 cm³/mol. The van der Waals surface area contributed by atoms with Crippen LogP contribution in [0.2, 0.25) is 0 Å². The minimum absolute atomic E-state index is 0.143. The van der Waals surface area contributed by atoms with Crippen molar-refractivity contribution in [2.24, 2.45) is 15.6 Å². The zero-order valence-electron chi connectivity index (χ0n) is 11.5. The molecule has 6 nitrogen and oxygen atoms in total. The first-order valence-corrected chi connectivity index (χ1v) is 6.42. The third-order valence-electron chi connectivity index (χ3n) is 2.60. The Bertz CT molecular complexity index is 713. The molecule has 0 fully saturated rings. The van der Waals surface area contributed by atoms with Gasteiger partial charge in [0.2, 0.25) is 0 Å². The molecule has 110 valence electrons. The number of benzene rings is 1. The molecular formula is C16H13N3O3. The van der Waals surface area contributed by atoms with Crippen LogP contribution in [0, 0.1) is 0 Å². The molecule has 6 heteroatoms. The Labute approximate surface area is 127 Å². The highest BCUT2D eigenvalue weighted by Gasteiger charge is 2.04. The summed E-state index contributed by atoms with van der Waals surface area (Å²) < 4.78 is 0. The van der Waals surface area contributed by atoms with Crippen LogP contribution in [0.4, 0.5) is 0 Å². The van der Waals surface area contributed by atoms with Crippen molar-refractivity contribution in [2.75, 3.05) is 0 Å². The molecule has 1 aromatic rings. The van der Waals surface area contributed by atoms with Crippen LogP contribution in [-0.2, 0) is 4.79 Å². The van der Waals surface area contributed by atoms with Crippen molar-refractivity contribution in [1.29, 1.82) is 0 Å². The average molecular weight is 295 g/mol. The Balaban J connectivity index is 2.40. The zero-order valence-corrected chi connectivity index (χ0v) is 11.5. The molecule has 1 aromatic carbocycles. The lowest BCUT2D eigenvalue weighted by Gasteiger charge is -2.01. The lowest BCUT2D eigenvalue weighted by Crippen LogP contribution is -1.96. The number of carboxylic acid groups (broad SMARTS) is 1. The van der Waals surface area contributed by atoms with E-state index in [1.54, 1.807) is 48.6 Å². The van der Waals surface area contributed by atoms with Crippen molar-refractivity contribution < 1.29 is 14.7 Å². The molecule has 0 saturated heterocycles. The number of fused-ring (bicyclic) bond motifs is 1. The smallest absolute Gasteiger partial charge is 0.335 e. The minimum Gasteiger partial charge on any atom is -0.478 e. The molecule has 0 aromatic heterocycles. The molecule has 1 heterocycles. The van der Waals surface area contributed by atoms with Crippen LogP contribution < -0.4 is 4.84 Å². The monoisotopic (exact) mass is 295 g/mol. The maximum absolute atomic E-state index is 11.2. The van der Waals surface area contributed by atoms with Crippen LogP contribution in [0.1, 0.15) is 5.56 Å². The highest BCUT2D eigenvalue weighted by molar-refractivity contribution is 5.91. The van der Waals surface area contributed by atoms with E-state index in [1.807, 2.05) is 6.07 Å². The third kappa shape index (κ3) is 4.68. The number of carboxylic acids is 1. The summed E-state index contributed by atoms with van der Waals surface area (Å²) in [5, 5.41) is 19.8. The van der Waals surface area contributed by atoms with Crippen molar-refractivity contribution in [3.8, 4) is 5.75 Å². The number of allylic oxidation sites excluding steroid dienone is 5. The Morgan fingerprint density at radius 3 is 2.73 bits per heavy atom. The highest BCUT2D eigenvalue weighted by atomic mass is 16.6. The summed E-state index contributed by atoms with van der Waals surface area (Å²) in [7, 11) is 0. The van der Waals surface area contributed by atoms with Gasteiger partial charge in [-0.05, 0) is 29.5 Å². The first kappa shape index (κ1) is 15.1. The van der Waals surface area contributed by atoms with Gasteiger partial charge in [0, 0.05) is 5.56 Å². The van der Waals surface area contributed by atoms with Gasteiger partial charge in [-0.2, -0.15) is 0 Å². The average Bonchev–Trinajstić information content (AvgIpc) is 2.52. The van der Waals surface area contributed by atoms with E-state index in [-0.39, 0.29) is 5.57 Å². The van der Waals surface area contributed by atoms with E-state index >= 15 is 0 Å². The fourth-order valence-corrected chi connectivity index (χ4v) is 1.57.